The first kappa shape index (κ1) is 18.7. The van der Waals surface area contributed by atoms with E-state index >= 15 is 0 Å². The molecule has 118 valence electrons. The molecule has 0 atom stereocenters. The second-order valence-corrected chi connectivity index (χ2v) is 5.14. The molecule has 0 saturated heterocycles. The fourth-order valence-corrected chi connectivity index (χ4v) is 1.78. The Morgan fingerprint density at radius 3 is 2.09 bits per heavy atom. The summed E-state index contributed by atoms with van der Waals surface area (Å²) in [5.41, 5.74) is 1.39. The van der Waals surface area contributed by atoms with Gasteiger partial charge >= 0.3 is 0 Å². The summed E-state index contributed by atoms with van der Waals surface area (Å²) in [6.07, 6.45) is 0. The zero-order valence-electron chi connectivity index (χ0n) is 12.7. The molecule has 6 heteroatoms. The lowest BCUT2D eigenvalue weighted by Gasteiger charge is -1.93. The predicted octanol–water partition coefficient (Wildman–Crippen LogP) is 2.67. The minimum Gasteiger partial charge on any atom is -0.384 e. The summed E-state index contributed by atoms with van der Waals surface area (Å²) in [7, 11) is 0. The molecule has 0 aliphatic heterocycles. The van der Waals surface area contributed by atoms with Gasteiger partial charge in [-0.2, -0.15) is 0 Å². The number of carbonyl (C=O) groups excluding carboxylic acids is 2. The highest BCUT2D eigenvalue weighted by Gasteiger charge is 2.00. The van der Waals surface area contributed by atoms with Gasteiger partial charge in [-0.25, -0.2) is 9.97 Å². The molecule has 0 aliphatic carbocycles. The first-order valence-corrected chi connectivity index (χ1v) is 7.44. The lowest BCUT2D eigenvalue weighted by molar-refractivity contribution is 0.100. The number of hydrogen-bond donors (Lipinski definition) is 1. The van der Waals surface area contributed by atoms with Gasteiger partial charge in [-0.05, 0) is 46.1 Å². The molecule has 23 heavy (non-hydrogen) atoms. The van der Waals surface area contributed by atoms with Crippen LogP contribution in [0.15, 0.2) is 41.0 Å². The van der Waals surface area contributed by atoms with E-state index in [1.165, 1.54) is 13.8 Å². The van der Waals surface area contributed by atoms with E-state index in [-0.39, 0.29) is 18.2 Å². The first-order chi connectivity index (χ1) is 10.9. The van der Waals surface area contributed by atoms with E-state index in [9.17, 15) is 9.59 Å². The third-order valence-electron chi connectivity index (χ3n) is 2.48. The summed E-state index contributed by atoms with van der Waals surface area (Å²) in [4.78, 5) is 29.5. The molecule has 0 aliphatic rings. The lowest BCUT2D eigenvalue weighted by atomic mass is 10.2. The van der Waals surface area contributed by atoms with E-state index < -0.39 is 0 Å². The number of hydrogen-bond acceptors (Lipinski definition) is 5. The number of aliphatic hydroxyl groups is 1. The van der Waals surface area contributed by atoms with E-state index in [2.05, 4.69) is 37.7 Å². The van der Waals surface area contributed by atoms with Crippen LogP contribution in [0.2, 0.25) is 0 Å². The highest BCUT2D eigenvalue weighted by atomic mass is 79.9. The van der Waals surface area contributed by atoms with Gasteiger partial charge in [0, 0.05) is 13.8 Å². The van der Waals surface area contributed by atoms with Crippen LogP contribution in [0.3, 0.4) is 0 Å². The minimum absolute atomic E-state index is 0.0127. The SMILES string of the molecule is CC(=O)c1cccc(Br)n1.CC(=O)c1cccc(C#CCO)n1. The molecule has 0 aromatic carbocycles. The minimum atomic E-state index is -0.202. The molecule has 2 aromatic heterocycles. The topological polar surface area (TPSA) is 80.2 Å². The van der Waals surface area contributed by atoms with Crippen LogP contribution in [0, 0.1) is 11.8 Å². The van der Waals surface area contributed by atoms with Crippen molar-refractivity contribution in [2.24, 2.45) is 0 Å². The Morgan fingerprint density at radius 1 is 1.04 bits per heavy atom. The van der Waals surface area contributed by atoms with E-state index in [0.717, 1.165) is 0 Å². The Kier molecular flexibility index (Phi) is 7.81. The Morgan fingerprint density at radius 2 is 1.61 bits per heavy atom. The molecule has 0 bridgehead atoms. The molecule has 0 spiro atoms. The Bertz CT molecular complexity index is 764. The molecule has 0 saturated carbocycles. The number of halogens is 1. The number of pyridine rings is 2. The van der Waals surface area contributed by atoms with Crippen LogP contribution in [0.1, 0.15) is 40.5 Å². The number of ketones is 2. The van der Waals surface area contributed by atoms with Crippen molar-refractivity contribution in [1.82, 2.24) is 9.97 Å². The van der Waals surface area contributed by atoms with Gasteiger partial charge in [0.05, 0.1) is 0 Å². The van der Waals surface area contributed by atoms with Crippen LogP contribution < -0.4 is 0 Å². The zero-order chi connectivity index (χ0) is 17.2. The highest BCUT2D eigenvalue weighted by molar-refractivity contribution is 9.10. The van der Waals surface area contributed by atoms with Crippen molar-refractivity contribution < 1.29 is 14.7 Å². The fourth-order valence-electron chi connectivity index (χ4n) is 1.43. The van der Waals surface area contributed by atoms with Crippen molar-refractivity contribution in [1.29, 1.82) is 0 Å². The van der Waals surface area contributed by atoms with Crippen molar-refractivity contribution in [2.75, 3.05) is 6.61 Å². The van der Waals surface area contributed by atoms with E-state index in [0.29, 0.717) is 21.7 Å². The highest BCUT2D eigenvalue weighted by Crippen LogP contribution is 2.06. The predicted molar refractivity (Wildman–Crippen MR) is 90.1 cm³/mol. The van der Waals surface area contributed by atoms with Gasteiger partial charge in [0.2, 0.25) is 0 Å². The normalized spacial score (nSPS) is 9.04. The van der Waals surface area contributed by atoms with Crippen LogP contribution >= 0.6 is 15.9 Å². The van der Waals surface area contributed by atoms with Gasteiger partial charge in [0.1, 0.15) is 28.3 Å². The van der Waals surface area contributed by atoms with Crippen LogP contribution in [-0.4, -0.2) is 33.2 Å². The number of rotatable bonds is 2. The molecule has 0 amide bonds. The summed E-state index contributed by atoms with van der Waals surface area (Å²) in [6, 6.07) is 10.3. The molecular formula is C17H15BrN2O3. The maximum absolute atomic E-state index is 10.9. The zero-order valence-corrected chi connectivity index (χ0v) is 14.3. The molecule has 0 radical (unpaired) electrons. The average molecular weight is 375 g/mol. The second-order valence-electron chi connectivity index (χ2n) is 4.33. The molecule has 0 fully saturated rings. The largest absolute Gasteiger partial charge is 0.384 e. The number of aromatic nitrogens is 2. The smallest absolute Gasteiger partial charge is 0.178 e. The maximum atomic E-state index is 10.9. The number of Topliss-reactive ketones (excluding diaryl/α,β-unsaturated/α-hetero) is 2. The summed E-state index contributed by atoms with van der Waals surface area (Å²) in [6.45, 7) is 2.74. The van der Waals surface area contributed by atoms with Crippen molar-refractivity contribution in [3.63, 3.8) is 0 Å². The van der Waals surface area contributed by atoms with Gasteiger partial charge in [0.25, 0.3) is 0 Å². The Hall–Kier alpha value is -2.36. The number of carbonyl (C=O) groups is 2. The first-order valence-electron chi connectivity index (χ1n) is 6.65. The van der Waals surface area contributed by atoms with E-state index in [1.807, 2.05) is 0 Å². The van der Waals surface area contributed by atoms with Gasteiger partial charge in [-0.3, -0.25) is 9.59 Å². The molecule has 2 rings (SSSR count). The molecule has 0 unspecified atom stereocenters. The summed E-state index contributed by atoms with van der Waals surface area (Å²) in [5.74, 6) is 4.99. The quantitative estimate of drug-likeness (QED) is 0.496. The van der Waals surface area contributed by atoms with E-state index in [1.54, 1.807) is 36.4 Å². The monoisotopic (exact) mass is 374 g/mol. The standard InChI is InChI=1S/C10H9NO2.C7H6BrNO/c1-8(13)10-6-2-4-9(11-10)5-3-7-12;1-5(10)6-3-2-4-7(8)9-6/h2,4,6,12H,7H2,1H3;2-4H,1H3. The van der Waals surface area contributed by atoms with E-state index in [4.69, 9.17) is 5.11 Å². The maximum Gasteiger partial charge on any atom is 0.178 e. The van der Waals surface area contributed by atoms with Crippen molar-refractivity contribution >= 4 is 27.5 Å². The number of aliphatic hydroxyl groups excluding tert-OH is 1. The summed E-state index contributed by atoms with van der Waals surface area (Å²) in [5, 5.41) is 8.44. The van der Waals surface area contributed by atoms with Crippen LogP contribution in [0.5, 0.6) is 0 Å². The third-order valence-corrected chi connectivity index (χ3v) is 2.92. The molecule has 1 N–H and O–H groups in total. The van der Waals surface area contributed by atoms with Crippen LogP contribution in [-0.2, 0) is 0 Å². The van der Waals surface area contributed by atoms with Crippen molar-refractivity contribution in [3.05, 3.63) is 58.1 Å². The molecule has 2 aromatic rings. The third kappa shape index (κ3) is 6.96. The molecule has 2 heterocycles. The van der Waals surface area contributed by atoms with Crippen LogP contribution in [0.4, 0.5) is 0 Å². The summed E-state index contributed by atoms with van der Waals surface area (Å²) < 4.78 is 0.695. The van der Waals surface area contributed by atoms with Crippen molar-refractivity contribution in [2.45, 2.75) is 13.8 Å². The molecular weight excluding hydrogens is 360 g/mol. The van der Waals surface area contributed by atoms with Gasteiger partial charge in [-0.15, -0.1) is 0 Å². The van der Waals surface area contributed by atoms with Gasteiger partial charge < -0.3 is 5.11 Å². The average Bonchev–Trinajstić information content (AvgIpc) is 2.53. The Labute approximate surface area is 142 Å². The second kappa shape index (κ2) is 9.62. The summed E-state index contributed by atoms with van der Waals surface area (Å²) >= 11 is 3.17. The lowest BCUT2D eigenvalue weighted by Crippen LogP contribution is -1.97. The van der Waals surface area contributed by atoms with Crippen LogP contribution in [0.25, 0.3) is 0 Å². The number of nitrogens with zero attached hydrogens (tertiary/aromatic N) is 2. The molecule has 5 nitrogen and oxygen atoms in total. The Balaban J connectivity index is 0.000000238. The van der Waals surface area contributed by atoms with Crippen molar-refractivity contribution in [3.8, 4) is 11.8 Å². The fraction of sp³-hybridized carbons (Fsp3) is 0.176. The van der Waals surface area contributed by atoms with Gasteiger partial charge in [-0.1, -0.05) is 18.1 Å². The van der Waals surface area contributed by atoms with Gasteiger partial charge in [0.15, 0.2) is 11.6 Å².